The van der Waals surface area contributed by atoms with Gasteiger partial charge in [0.05, 0.1) is 0 Å². The molecule has 1 nitrogen and oxygen atoms in total. The lowest BCUT2D eigenvalue weighted by molar-refractivity contribution is 0.122. The summed E-state index contributed by atoms with van der Waals surface area (Å²) in [6.07, 6.45) is 2.26. The first-order valence-electron chi connectivity index (χ1n) is 6.73. The van der Waals surface area contributed by atoms with E-state index in [0.717, 1.165) is 37.9 Å². The smallest absolute Gasteiger partial charge is 0.141 e. The van der Waals surface area contributed by atoms with Gasteiger partial charge in [0.25, 0.3) is 0 Å². The van der Waals surface area contributed by atoms with Crippen LogP contribution in [-0.4, -0.2) is 24.0 Å². The van der Waals surface area contributed by atoms with E-state index >= 15 is 0 Å². The largest absolute Gasteiger partial charge is 0.297 e. The first-order valence-corrected chi connectivity index (χ1v) is 6.73. The molecule has 1 aromatic rings. The second kappa shape index (κ2) is 5.63. The van der Waals surface area contributed by atoms with Gasteiger partial charge < -0.3 is 0 Å². The summed E-state index contributed by atoms with van der Waals surface area (Å²) in [7, 11) is 0. The van der Waals surface area contributed by atoms with Gasteiger partial charge in [-0.05, 0) is 43.5 Å². The number of alkyl halides is 1. The minimum atomic E-state index is -0.802. The van der Waals surface area contributed by atoms with E-state index in [4.69, 9.17) is 0 Å². The molecule has 0 aromatic heterocycles. The van der Waals surface area contributed by atoms with E-state index in [-0.39, 0.29) is 6.04 Å². The zero-order chi connectivity index (χ0) is 12.3. The molecule has 0 saturated carbocycles. The van der Waals surface area contributed by atoms with Crippen LogP contribution in [0.4, 0.5) is 4.39 Å². The van der Waals surface area contributed by atoms with Gasteiger partial charge >= 0.3 is 0 Å². The molecule has 2 unspecified atom stereocenters. The standard InChI is InChI=1S/C15H22FN/c1-3-9-17(10-4-2)14-11-12-7-5-6-8-13(12)15(14)16/h5-8,14-15H,3-4,9-11H2,1-2H3. The second-order valence-corrected chi connectivity index (χ2v) is 4.91. The molecule has 0 heterocycles. The Morgan fingerprint density at radius 1 is 1.18 bits per heavy atom. The molecule has 17 heavy (non-hydrogen) atoms. The molecule has 1 aliphatic carbocycles. The number of fused-ring (bicyclic) bond motifs is 1. The molecule has 1 aliphatic rings. The fourth-order valence-corrected chi connectivity index (χ4v) is 2.86. The highest BCUT2D eigenvalue weighted by atomic mass is 19.1. The van der Waals surface area contributed by atoms with Crippen LogP contribution in [0.25, 0.3) is 0 Å². The molecular weight excluding hydrogens is 213 g/mol. The monoisotopic (exact) mass is 235 g/mol. The minimum Gasteiger partial charge on any atom is -0.297 e. The van der Waals surface area contributed by atoms with Crippen LogP contribution in [-0.2, 0) is 6.42 Å². The van der Waals surface area contributed by atoms with Gasteiger partial charge in [-0.25, -0.2) is 4.39 Å². The summed E-state index contributed by atoms with van der Waals surface area (Å²) in [5.74, 6) is 0. The number of halogens is 1. The molecule has 2 heteroatoms. The quantitative estimate of drug-likeness (QED) is 0.751. The van der Waals surface area contributed by atoms with Crippen molar-refractivity contribution in [1.82, 2.24) is 4.90 Å². The van der Waals surface area contributed by atoms with Crippen LogP contribution >= 0.6 is 0 Å². The Kier molecular flexibility index (Phi) is 4.16. The molecule has 0 bridgehead atoms. The highest BCUT2D eigenvalue weighted by Gasteiger charge is 2.35. The molecule has 0 aliphatic heterocycles. The van der Waals surface area contributed by atoms with E-state index in [1.807, 2.05) is 18.2 Å². The lowest BCUT2D eigenvalue weighted by Gasteiger charge is -2.29. The van der Waals surface area contributed by atoms with E-state index in [1.165, 1.54) is 5.56 Å². The first-order chi connectivity index (χ1) is 8.27. The molecule has 0 saturated heterocycles. The summed E-state index contributed by atoms with van der Waals surface area (Å²) in [5.41, 5.74) is 2.11. The van der Waals surface area contributed by atoms with E-state index in [0.29, 0.717) is 0 Å². The van der Waals surface area contributed by atoms with Gasteiger partial charge in [-0.3, -0.25) is 4.90 Å². The van der Waals surface area contributed by atoms with E-state index in [2.05, 4.69) is 24.8 Å². The van der Waals surface area contributed by atoms with E-state index in [9.17, 15) is 4.39 Å². The fourth-order valence-electron chi connectivity index (χ4n) is 2.86. The van der Waals surface area contributed by atoms with Crippen molar-refractivity contribution in [3.8, 4) is 0 Å². The van der Waals surface area contributed by atoms with Gasteiger partial charge in [0, 0.05) is 6.04 Å². The first kappa shape index (κ1) is 12.6. The average molecular weight is 235 g/mol. The van der Waals surface area contributed by atoms with Gasteiger partial charge in [0.1, 0.15) is 6.17 Å². The van der Waals surface area contributed by atoms with Crippen molar-refractivity contribution < 1.29 is 4.39 Å². The summed E-state index contributed by atoms with van der Waals surface area (Å²) < 4.78 is 14.4. The molecule has 0 N–H and O–H groups in total. The maximum Gasteiger partial charge on any atom is 0.141 e. The zero-order valence-corrected chi connectivity index (χ0v) is 10.8. The maximum atomic E-state index is 14.4. The lowest BCUT2D eigenvalue weighted by atomic mass is 10.1. The zero-order valence-electron chi connectivity index (χ0n) is 10.8. The molecule has 2 atom stereocenters. The Hall–Kier alpha value is -0.890. The van der Waals surface area contributed by atoms with Crippen molar-refractivity contribution in [2.45, 2.75) is 45.3 Å². The Labute approximate surface area is 104 Å². The molecule has 94 valence electrons. The van der Waals surface area contributed by atoms with Gasteiger partial charge in [-0.1, -0.05) is 38.1 Å². The summed E-state index contributed by atoms with van der Waals surface area (Å²) >= 11 is 0. The Morgan fingerprint density at radius 3 is 2.41 bits per heavy atom. The number of benzene rings is 1. The number of rotatable bonds is 5. The van der Waals surface area contributed by atoms with Gasteiger partial charge in [0.15, 0.2) is 0 Å². The fraction of sp³-hybridized carbons (Fsp3) is 0.600. The van der Waals surface area contributed by atoms with Gasteiger partial charge in [-0.2, -0.15) is 0 Å². The van der Waals surface area contributed by atoms with Crippen molar-refractivity contribution >= 4 is 0 Å². The third kappa shape index (κ3) is 2.52. The van der Waals surface area contributed by atoms with Crippen LogP contribution in [0.1, 0.15) is 44.0 Å². The SMILES string of the molecule is CCCN(CCC)C1Cc2ccccc2C1F. The lowest BCUT2D eigenvalue weighted by Crippen LogP contribution is -2.38. The van der Waals surface area contributed by atoms with Crippen LogP contribution in [0.3, 0.4) is 0 Å². The molecule has 0 spiro atoms. The summed E-state index contributed by atoms with van der Waals surface area (Å²) in [6.45, 7) is 6.34. The second-order valence-electron chi connectivity index (χ2n) is 4.91. The minimum absolute atomic E-state index is 0.0623. The Morgan fingerprint density at radius 2 is 1.82 bits per heavy atom. The summed E-state index contributed by atoms with van der Waals surface area (Å²) in [4.78, 5) is 2.32. The number of nitrogens with zero attached hydrogens (tertiary/aromatic N) is 1. The Balaban J connectivity index is 2.14. The van der Waals surface area contributed by atoms with Crippen molar-refractivity contribution in [3.63, 3.8) is 0 Å². The van der Waals surface area contributed by atoms with Crippen molar-refractivity contribution in [3.05, 3.63) is 35.4 Å². The number of hydrogen-bond acceptors (Lipinski definition) is 1. The van der Waals surface area contributed by atoms with Crippen LogP contribution in [0, 0.1) is 0 Å². The van der Waals surface area contributed by atoms with E-state index < -0.39 is 6.17 Å². The molecule has 2 rings (SSSR count). The van der Waals surface area contributed by atoms with Gasteiger partial charge in [-0.15, -0.1) is 0 Å². The highest BCUT2D eigenvalue weighted by Crippen LogP contribution is 2.37. The highest BCUT2D eigenvalue weighted by molar-refractivity contribution is 5.36. The number of hydrogen-bond donors (Lipinski definition) is 0. The maximum absolute atomic E-state index is 14.4. The van der Waals surface area contributed by atoms with Crippen LogP contribution in [0.5, 0.6) is 0 Å². The van der Waals surface area contributed by atoms with Crippen molar-refractivity contribution in [2.75, 3.05) is 13.1 Å². The molecule has 1 aromatic carbocycles. The van der Waals surface area contributed by atoms with Crippen LogP contribution < -0.4 is 0 Å². The third-order valence-corrected chi connectivity index (χ3v) is 3.61. The van der Waals surface area contributed by atoms with Crippen LogP contribution in [0.15, 0.2) is 24.3 Å². The summed E-state index contributed by atoms with van der Waals surface area (Å²) in [6, 6.07) is 8.02. The van der Waals surface area contributed by atoms with Crippen LogP contribution in [0.2, 0.25) is 0 Å². The molecule has 0 radical (unpaired) electrons. The predicted molar refractivity (Wildman–Crippen MR) is 69.9 cm³/mol. The molecule has 0 fully saturated rings. The Bertz CT molecular complexity index is 358. The normalized spacial score (nSPS) is 23.1. The van der Waals surface area contributed by atoms with Crippen molar-refractivity contribution in [2.24, 2.45) is 0 Å². The summed E-state index contributed by atoms with van der Waals surface area (Å²) in [5, 5.41) is 0. The van der Waals surface area contributed by atoms with Gasteiger partial charge in [0.2, 0.25) is 0 Å². The molecular formula is C15H22FN. The van der Waals surface area contributed by atoms with E-state index in [1.54, 1.807) is 0 Å². The predicted octanol–water partition coefficient (Wildman–Crippen LogP) is 3.74. The molecule has 0 amide bonds. The third-order valence-electron chi connectivity index (χ3n) is 3.61. The topological polar surface area (TPSA) is 3.24 Å². The average Bonchev–Trinajstić information content (AvgIpc) is 2.67. The van der Waals surface area contributed by atoms with Crippen molar-refractivity contribution in [1.29, 1.82) is 0 Å².